The van der Waals surface area contributed by atoms with Crippen LogP contribution in [0, 0.1) is 0 Å². The molecule has 6 heteroatoms. The Morgan fingerprint density at radius 2 is 2.10 bits per heavy atom. The summed E-state index contributed by atoms with van der Waals surface area (Å²) in [6.45, 7) is 0. The van der Waals surface area contributed by atoms with Gasteiger partial charge in [0.2, 0.25) is 0 Å². The summed E-state index contributed by atoms with van der Waals surface area (Å²) >= 11 is 0. The third-order valence-corrected chi connectivity index (χ3v) is 3.82. The molecule has 0 unspecified atom stereocenters. The molecule has 0 saturated carbocycles. The van der Waals surface area contributed by atoms with Crippen LogP contribution >= 0.6 is 0 Å². The Morgan fingerprint density at radius 3 is 2.90 bits per heavy atom. The Bertz CT molecular complexity index is 698. The number of hydrogen-bond donors (Lipinski definition) is 2. The van der Waals surface area contributed by atoms with Crippen LogP contribution < -0.4 is 10.6 Å². The zero-order valence-corrected chi connectivity index (χ0v) is 11.8. The number of nitrogens with zero attached hydrogens (tertiary/aromatic N) is 4. The maximum Gasteiger partial charge on any atom is 0.172 e. The number of para-hydroxylation sites is 1. The van der Waals surface area contributed by atoms with Gasteiger partial charge in [0, 0.05) is 23.9 Å². The highest BCUT2D eigenvalue weighted by molar-refractivity contribution is 6.02. The van der Waals surface area contributed by atoms with Gasteiger partial charge in [-0.2, -0.15) is 0 Å². The molecule has 1 heterocycles. The van der Waals surface area contributed by atoms with Crippen LogP contribution in [0.15, 0.2) is 35.7 Å². The Morgan fingerprint density at radius 1 is 1.29 bits per heavy atom. The Kier molecular flexibility index (Phi) is 3.43. The highest BCUT2D eigenvalue weighted by Gasteiger charge is 2.21. The molecular formula is C15H17N5O. The lowest BCUT2D eigenvalue weighted by atomic mass is 10.1. The number of amidine groups is 1. The monoisotopic (exact) mass is 283 g/mol. The number of fused-ring (bicyclic) bond motifs is 1. The van der Waals surface area contributed by atoms with E-state index in [-0.39, 0.29) is 5.84 Å². The summed E-state index contributed by atoms with van der Waals surface area (Å²) in [5.74, 6) is 0.971. The van der Waals surface area contributed by atoms with Crippen molar-refractivity contribution in [3.8, 4) is 0 Å². The molecule has 2 aromatic rings. The van der Waals surface area contributed by atoms with Crippen molar-refractivity contribution in [2.75, 3.05) is 11.9 Å². The van der Waals surface area contributed by atoms with E-state index in [1.165, 1.54) is 5.56 Å². The smallest absolute Gasteiger partial charge is 0.172 e. The maximum absolute atomic E-state index is 8.94. The SMILES string of the molecule is CN(c1ccccc1/C(N)=N/O)c1ncnc2c1CCC2. The summed E-state index contributed by atoms with van der Waals surface area (Å²) in [7, 11) is 1.93. The predicted molar refractivity (Wildman–Crippen MR) is 81.1 cm³/mol. The van der Waals surface area contributed by atoms with Crippen molar-refractivity contribution in [3.63, 3.8) is 0 Å². The number of benzene rings is 1. The van der Waals surface area contributed by atoms with Crippen molar-refractivity contribution in [1.82, 2.24) is 9.97 Å². The lowest BCUT2D eigenvalue weighted by Crippen LogP contribution is -2.21. The average molecular weight is 283 g/mol. The van der Waals surface area contributed by atoms with Crippen LogP contribution in [0.25, 0.3) is 0 Å². The minimum absolute atomic E-state index is 0.0863. The molecule has 0 spiro atoms. The second-order valence-electron chi connectivity index (χ2n) is 5.04. The van der Waals surface area contributed by atoms with Crippen molar-refractivity contribution in [2.24, 2.45) is 10.9 Å². The molecule has 0 radical (unpaired) electrons. The van der Waals surface area contributed by atoms with Crippen LogP contribution in [0.4, 0.5) is 11.5 Å². The van der Waals surface area contributed by atoms with E-state index in [0.29, 0.717) is 5.56 Å². The van der Waals surface area contributed by atoms with E-state index < -0.39 is 0 Å². The fraction of sp³-hybridized carbons (Fsp3) is 0.267. The Hall–Kier alpha value is -2.63. The van der Waals surface area contributed by atoms with Gasteiger partial charge < -0.3 is 15.8 Å². The summed E-state index contributed by atoms with van der Waals surface area (Å²) in [5.41, 5.74) is 9.59. The number of oxime groups is 1. The van der Waals surface area contributed by atoms with Crippen molar-refractivity contribution in [1.29, 1.82) is 0 Å². The van der Waals surface area contributed by atoms with Gasteiger partial charge in [0.1, 0.15) is 12.1 Å². The van der Waals surface area contributed by atoms with Crippen LogP contribution in [0.2, 0.25) is 0 Å². The fourth-order valence-electron chi connectivity index (χ4n) is 2.78. The molecule has 0 saturated heterocycles. The highest BCUT2D eigenvalue weighted by Crippen LogP contribution is 2.32. The van der Waals surface area contributed by atoms with Crippen LogP contribution in [-0.2, 0) is 12.8 Å². The zero-order valence-electron chi connectivity index (χ0n) is 11.8. The molecule has 108 valence electrons. The van der Waals surface area contributed by atoms with Crippen molar-refractivity contribution in [2.45, 2.75) is 19.3 Å². The van der Waals surface area contributed by atoms with Gasteiger partial charge in [-0.3, -0.25) is 0 Å². The first-order valence-electron chi connectivity index (χ1n) is 6.85. The molecule has 1 aliphatic carbocycles. The first kappa shape index (κ1) is 13.4. The van der Waals surface area contributed by atoms with E-state index in [0.717, 1.165) is 36.5 Å². The molecule has 0 atom stereocenters. The molecular weight excluding hydrogens is 266 g/mol. The lowest BCUT2D eigenvalue weighted by Gasteiger charge is -2.23. The first-order valence-corrected chi connectivity index (χ1v) is 6.85. The second kappa shape index (κ2) is 5.40. The topological polar surface area (TPSA) is 87.6 Å². The summed E-state index contributed by atoms with van der Waals surface area (Å²) in [4.78, 5) is 10.7. The van der Waals surface area contributed by atoms with E-state index in [1.807, 2.05) is 36.2 Å². The van der Waals surface area contributed by atoms with Gasteiger partial charge in [0.25, 0.3) is 0 Å². The number of hydrogen-bond acceptors (Lipinski definition) is 5. The van der Waals surface area contributed by atoms with Crippen LogP contribution in [-0.4, -0.2) is 28.1 Å². The van der Waals surface area contributed by atoms with Gasteiger partial charge in [-0.25, -0.2) is 9.97 Å². The number of aryl methyl sites for hydroxylation is 1. The largest absolute Gasteiger partial charge is 0.409 e. The maximum atomic E-state index is 8.94. The standard InChI is InChI=1S/C15H17N5O/c1-20(13-8-3-2-5-11(13)14(16)19-21)15-10-6-4-7-12(10)17-9-18-15/h2-3,5,8-9,21H,4,6-7H2,1H3,(H2,16,19). The molecule has 0 bridgehead atoms. The zero-order chi connectivity index (χ0) is 14.8. The molecule has 21 heavy (non-hydrogen) atoms. The highest BCUT2D eigenvalue weighted by atomic mass is 16.4. The van der Waals surface area contributed by atoms with Crippen molar-refractivity contribution in [3.05, 3.63) is 47.4 Å². The number of rotatable bonds is 3. The summed E-state index contributed by atoms with van der Waals surface area (Å²) in [6.07, 6.45) is 4.70. The fourth-order valence-corrected chi connectivity index (χ4v) is 2.78. The molecule has 0 fully saturated rings. The average Bonchev–Trinajstić information content (AvgIpc) is 3.02. The minimum atomic E-state index is 0.0863. The summed E-state index contributed by atoms with van der Waals surface area (Å²) in [6, 6.07) is 7.52. The molecule has 6 nitrogen and oxygen atoms in total. The van der Waals surface area contributed by atoms with Crippen molar-refractivity contribution < 1.29 is 5.21 Å². The van der Waals surface area contributed by atoms with Crippen LogP contribution in [0.5, 0.6) is 0 Å². The molecule has 1 aromatic heterocycles. The van der Waals surface area contributed by atoms with Gasteiger partial charge in [0.05, 0.1) is 5.69 Å². The van der Waals surface area contributed by atoms with Crippen molar-refractivity contribution >= 4 is 17.3 Å². The Balaban J connectivity index is 2.08. The molecule has 3 N–H and O–H groups in total. The Labute approximate surface area is 122 Å². The van der Waals surface area contributed by atoms with E-state index in [9.17, 15) is 0 Å². The van der Waals surface area contributed by atoms with Gasteiger partial charge in [-0.15, -0.1) is 0 Å². The summed E-state index contributed by atoms with van der Waals surface area (Å²) in [5, 5.41) is 12.0. The van der Waals surface area contributed by atoms with E-state index in [1.54, 1.807) is 6.33 Å². The molecule has 1 aromatic carbocycles. The first-order chi connectivity index (χ1) is 10.2. The van der Waals surface area contributed by atoms with Gasteiger partial charge in [-0.1, -0.05) is 17.3 Å². The molecule has 3 rings (SSSR count). The molecule has 0 amide bonds. The van der Waals surface area contributed by atoms with Gasteiger partial charge in [-0.05, 0) is 31.4 Å². The molecule has 0 aliphatic heterocycles. The van der Waals surface area contributed by atoms with E-state index in [4.69, 9.17) is 10.9 Å². The third kappa shape index (κ3) is 2.29. The lowest BCUT2D eigenvalue weighted by molar-refractivity contribution is 0.318. The quantitative estimate of drug-likeness (QED) is 0.388. The summed E-state index contributed by atoms with van der Waals surface area (Å²) < 4.78 is 0. The van der Waals surface area contributed by atoms with E-state index >= 15 is 0 Å². The third-order valence-electron chi connectivity index (χ3n) is 3.82. The second-order valence-corrected chi connectivity index (χ2v) is 5.04. The van der Waals surface area contributed by atoms with E-state index in [2.05, 4.69) is 15.1 Å². The number of aromatic nitrogens is 2. The molecule has 1 aliphatic rings. The number of anilines is 2. The number of nitrogens with two attached hydrogens (primary N) is 1. The normalized spacial score (nSPS) is 14.0. The predicted octanol–water partition coefficient (Wildman–Crippen LogP) is 1.83. The van der Waals surface area contributed by atoms with Gasteiger partial charge in [0.15, 0.2) is 5.84 Å². The minimum Gasteiger partial charge on any atom is -0.409 e. The van der Waals surface area contributed by atoms with Crippen LogP contribution in [0.3, 0.4) is 0 Å². The van der Waals surface area contributed by atoms with Crippen LogP contribution in [0.1, 0.15) is 23.2 Å². The van der Waals surface area contributed by atoms with Gasteiger partial charge >= 0.3 is 0 Å².